The van der Waals surface area contributed by atoms with Gasteiger partial charge in [-0.05, 0) is 99.9 Å². The first kappa shape index (κ1) is 44.9. The molecule has 0 bridgehead atoms. The van der Waals surface area contributed by atoms with Crippen LogP contribution in [0.1, 0.15) is 27.8 Å². The summed E-state index contributed by atoms with van der Waals surface area (Å²) in [6.07, 6.45) is 0. The van der Waals surface area contributed by atoms with Crippen molar-refractivity contribution in [2.24, 2.45) is 0 Å². The predicted octanol–water partition coefficient (Wildman–Crippen LogP) is 9.75. The molecule has 0 aliphatic heterocycles. The fourth-order valence-corrected chi connectivity index (χ4v) is 5.06. The third-order valence-corrected chi connectivity index (χ3v) is 7.95. The molecule has 7 heteroatoms. The molecule has 260 valence electrons. The Bertz CT molecular complexity index is 2040. The third-order valence-electron chi connectivity index (χ3n) is 6.82. The maximum atomic E-state index is 13.2. The van der Waals surface area contributed by atoms with Crippen molar-refractivity contribution in [2.75, 3.05) is 0 Å². The molecule has 0 amide bonds. The molecule has 0 atom stereocenters. The molecule has 7 aromatic rings. The van der Waals surface area contributed by atoms with Gasteiger partial charge in [0.15, 0.2) is 0 Å². The molecular formula is C46H32Cl2F3IMg. The molecule has 0 aromatic heterocycles. The first-order valence-electron chi connectivity index (χ1n) is 15.8. The Morgan fingerprint density at radius 3 is 1.17 bits per heavy atom. The van der Waals surface area contributed by atoms with Crippen molar-refractivity contribution in [1.82, 2.24) is 0 Å². The molecule has 53 heavy (non-hydrogen) atoms. The van der Waals surface area contributed by atoms with Crippen LogP contribution < -0.4 is 12.4 Å². The zero-order valence-electron chi connectivity index (χ0n) is 28.5. The molecule has 0 saturated carbocycles. The molecule has 0 spiro atoms. The summed E-state index contributed by atoms with van der Waals surface area (Å²) < 4.78 is 38.3. The van der Waals surface area contributed by atoms with E-state index in [1.54, 1.807) is 24.3 Å². The van der Waals surface area contributed by atoms with Crippen molar-refractivity contribution in [2.45, 2.75) is 0 Å². The van der Waals surface area contributed by atoms with E-state index >= 15 is 0 Å². The predicted molar refractivity (Wildman–Crippen MR) is 220 cm³/mol. The van der Waals surface area contributed by atoms with Gasteiger partial charge in [0, 0.05) is 26.1 Å². The molecule has 0 unspecified atom stereocenters. The van der Waals surface area contributed by atoms with Crippen molar-refractivity contribution in [3.63, 3.8) is 0 Å². The van der Waals surface area contributed by atoms with Crippen LogP contribution in [0.3, 0.4) is 0 Å². The smallest absolute Gasteiger partial charge is 1.00 e. The molecule has 0 saturated heterocycles. The second-order valence-corrected chi connectivity index (χ2v) is 12.2. The molecule has 0 radical (unpaired) electrons. The summed E-state index contributed by atoms with van der Waals surface area (Å²) in [5, 5.41) is 0.651. The average Bonchev–Trinajstić information content (AvgIpc) is 3.19. The molecule has 0 aliphatic rings. The normalized spacial score (nSPS) is 9.83. The van der Waals surface area contributed by atoms with E-state index in [0.29, 0.717) is 5.03 Å². The van der Waals surface area contributed by atoms with Gasteiger partial charge in [-0.1, -0.05) is 133 Å². The first-order valence-corrected chi connectivity index (χ1v) is 17.3. The molecule has 0 heterocycles. The van der Waals surface area contributed by atoms with E-state index in [0.717, 1.165) is 37.0 Å². The van der Waals surface area contributed by atoms with Crippen molar-refractivity contribution < 1.29 is 25.6 Å². The number of hydrogen-bond donors (Lipinski definition) is 0. The zero-order valence-corrected chi connectivity index (χ0v) is 33.5. The SMILES string of the molecule is C(#Cc1ccccc1)c1ccccc1.Fc1cc[c-]cc1.Fc1ccc(/C(=C(\Cl)c2ccccc2)c2ccccc2)cc1.Fc1ccc(I)cc1.[Cl-].[Mg+2]. The van der Waals surface area contributed by atoms with Gasteiger partial charge in [0.1, 0.15) is 11.6 Å². The average molecular weight is 864 g/mol. The van der Waals surface area contributed by atoms with E-state index in [2.05, 4.69) is 40.5 Å². The van der Waals surface area contributed by atoms with E-state index in [-0.39, 0.29) is 52.9 Å². The van der Waals surface area contributed by atoms with Crippen molar-refractivity contribution in [3.8, 4) is 11.8 Å². The van der Waals surface area contributed by atoms with Crippen molar-refractivity contribution >= 4 is 67.8 Å². The number of rotatable bonds is 3. The Labute approximate surface area is 351 Å². The fraction of sp³-hybridized carbons (Fsp3) is 0. The van der Waals surface area contributed by atoms with Gasteiger partial charge in [-0.15, -0.1) is 12.1 Å². The van der Waals surface area contributed by atoms with Gasteiger partial charge in [-0.3, -0.25) is 0 Å². The van der Waals surface area contributed by atoms with Crippen LogP contribution in [-0.4, -0.2) is 23.1 Å². The second-order valence-electron chi connectivity index (χ2n) is 10.6. The van der Waals surface area contributed by atoms with E-state index < -0.39 is 0 Å². The first-order chi connectivity index (χ1) is 24.9. The molecule has 0 nitrogen and oxygen atoms in total. The summed E-state index contributed by atoms with van der Waals surface area (Å²) in [6.45, 7) is 0. The van der Waals surface area contributed by atoms with Crippen LogP contribution in [0.2, 0.25) is 0 Å². The topological polar surface area (TPSA) is 0 Å². The van der Waals surface area contributed by atoms with E-state index in [1.165, 1.54) is 48.5 Å². The maximum Gasteiger partial charge on any atom is 2.00 e. The van der Waals surface area contributed by atoms with Crippen LogP contribution in [0, 0.1) is 38.9 Å². The van der Waals surface area contributed by atoms with Crippen LogP contribution in [-0.2, 0) is 0 Å². The van der Waals surface area contributed by atoms with Gasteiger partial charge < -0.3 is 12.4 Å². The number of halogens is 6. The summed E-state index contributed by atoms with van der Waals surface area (Å²) in [7, 11) is 0. The Hall–Kier alpha value is -4.29. The molecule has 0 fully saturated rings. The third kappa shape index (κ3) is 16.9. The van der Waals surface area contributed by atoms with E-state index in [4.69, 9.17) is 11.6 Å². The largest absolute Gasteiger partial charge is 2.00 e. The van der Waals surface area contributed by atoms with Crippen molar-refractivity contribution in [3.05, 3.63) is 249 Å². The molecule has 7 rings (SSSR count). The minimum absolute atomic E-state index is 0. The number of hydrogen-bond acceptors (Lipinski definition) is 0. The van der Waals surface area contributed by atoms with Gasteiger partial charge in [-0.25, -0.2) is 13.2 Å². The van der Waals surface area contributed by atoms with Gasteiger partial charge in [-0.2, -0.15) is 18.2 Å². The van der Waals surface area contributed by atoms with Gasteiger partial charge in [0.25, 0.3) is 0 Å². The summed E-state index contributed by atoms with van der Waals surface area (Å²) in [5.74, 6) is 5.58. The minimum Gasteiger partial charge on any atom is -1.00 e. The van der Waals surface area contributed by atoms with Crippen LogP contribution in [0.4, 0.5) is 13.2 Å². The monoisotopic (exact) mass is 862 g/mol. The maximum absolute atomic E-state index is 13.2. The van der Waals surface area contributed by atoms with Gasteiger partial charge >= 0.3 is 23.1 Å². The van der Waals surface area contributed by atoms with Gasteiger partial charge in [0.05, 0.1) is 5.03 Å². The second kappa shape index (κ2) is 25.6. The Morgan fingerprint density at radius 2 is 0.792 bits per heavy atom. The van der Waals surface area contributed by atoms with Crippen LogP contribution in [0.15, 0.2) is 194 Å². The van der Waals surface area contributed by atoms with Crippen molar-refractivity contribution in [1.29, 1.82) is 0 Å². The molecular weight excluding hydrogens is 832 g/mol. The Kier molecular flexibility index (Phi) is 21.7. The van der Waals surface area contributed by atoms with Crippen LogP contribution in [0.25, 0.3) is 10.6 Å². The Balaban J connectivity index is 0.000000268. The van der Waals surface area contributed by atoms with Crippen LogP contribution >= 0.6 is 34.2 Å². The summed E-state index contributed by atoms with van der Waals surface area (Å²) in [5.41, 5.74) is 5.83. The van der Waals surface area contributed by atoms with E-state index in [1.807, 2.05) is 121 Å². The molecule has 0 N–H and O–H groups in total. The van der Waals surface area contributed by atoms with Crippen LogP contribution in [0.5, 0.6) is 0 Å². The number of benzene rings is 7. The molecule has 0 aliphatic carbocycles. The quantitative estimate of drug-likeness (QED) is 0.0546. The van der Waals surface area contributed by atoms with E-state index in [9.17, 15) is 13.2 Å². The minimum atomic E-state index is -0.257. The standard InChI is InChI=1S/C20H14ClF.C14H10.C6H4FI.C6H4F.ClH.Mg/c21-20(17-9-5-2-6-10-17)19(15-7-3-1-4-8-15)16-11-13-18(22)14-12-16;1-3-7-13(8-4-1)11-12-14-9-5-2-6-10-14;7-5-1-3-6(8)4-2-5;7-6-4-2-1-3-5-6;;/h1-14H;1-10H;1-4H;2-5H;1H;/q;;;-1;;+2/p-1/b20-19-;;;;;. The fourth-order valence-electron chi connectivity index (χ4n) is 4.35. The zero-order chi connectivity index (χ0) is 36.1. The molecule has 7 aromatic carbocycles. The Morgan fingerprint density at radius 1 is 0.453 bits per heavy atom. The summed E-state index contributed by atoms with van der Waals surface area (Å²) in [4.78, 5) is 0. The summed E-state index contributed by atoms with van der Waals surface area (Å²) >= 11 is 8.80. The van der Waals surface area contributed by atoms with Gasteiger partial charge in [0.2, 0.25) is 0 Å². The summed E-state index contributed by atoms with van der Waals surface area (Å²) in [6, 6.07) is 60.9.